The number of piperazine rings is 2. The minimum Gasteiger partial charge on any atom is -0.354 e. The molecule has 162 valence electrons. The molecule has 0 bridgehead atoms. The van der Waals surface area contributed by atoms with Gasteiger partial charge in [0.05, 0.1) is 5.52 Å². The third-order valence-electron chi connectivity index (χ3n) is 6.48. The summed E-state index contributed by atoms with van der Waals surface area (Å²) in [5.41, 5.74) is 2.36. The Balaban J connectivity index is 1.31. The number of hydrogen-bond acceptors (Lipinski definition) is 7. The summed E-state index contributed by atoms with van der Waals surface area (Å²) in [7, 11) is 2.18. The molecule has 0 unspecified atom stereocenters. The predicted octanol–water partition coefficient (Wildman–Crippen LogP) is 2.72. The van der Waals surface area contributed by atoms with E-state index in [0.29, 0.717) is 0 Å². The van der Waals surface area contributed by atoms with Gasteiger partial charge in [-0.05, 0) is 38.6 Å². The molecule has 4 heterocycles. The lowest BCUT2D eigenvalue weighted by atomic mass is 10.1. The van der Waals surface area contributed by atoms with Gasteiger partial charge in [0, 0.05) is 63.8 Å². The number of pyridine rings is 1. The van der Waals surface area contributed by atoms with Crippen molar-refractivity contribution in [1.29, 1.82) is 0 Å². The van der Waals surface area contributed by atoms with E-state index in [1.165, 1.54) is 10.9 Å². The van der Waals surface area contributed by atoms with Crippen molar-refractivity contribution >= 4 is 28.4 Å². The minimum absolute atomic E-state index is 0.848. The van der Waals surface area contributed by atoms with Gasteiger partial charge in [0.2, 0.25) is 0 Å². The molecule has 0 amide bonds. The van der Waals surface area contributed by atoms with Crippen molar-refractivity contribution in [3.63, 3.8) is 0 Å². The van der Waals surface area contributed by atoms with Gasteiger partial charge in [-0.25, -0.2) is 15.0 Å². The highest BCUT2D eigenvalue weighted by molar-refractivity contribution is 5.83. The summed E-state index contributed by atoms with van der Waals surface area (Å²) in [5, 5.41) is 1.23. The van der Waals surface area contributed by atoms with Gasteiger partial charge in [0.1, 0.15) is 23.3 Å². The first-order valence-corrected chi connectivity index (χ1v) is 11.2. The molecule has 5 rings (SSSR count). The van der Waals surface area contributed by atoms with E-state index in [4.69, 9.17) is 15.0 Å². The van der Waals surface area contributed by atoms with Gasteiger partial charge < -0.3 is 19.6 Å². The molecular weight excluding hydrogens is 386 g/mol. The molecule has 0 radical (unpaired) electrons. The van der Waals surface area contributed by atoms with Crippen molar-refractivity contribution in [1.82, 2.24) is 19.9 Å². The molecule has 2 aliphatic heterocycles. The van der Waals surface area contributed by atoms with Crippen LogP contribution < -0.4 is 14.7 Å². The van der Waals surface area contributed by atoms with Gasteiger partial charge in [-0.1, -0.05) is 18.2 Å². The van der Waals surface area contributed by atoms with Crippen molar-refractivity contribution < 1.29 is 0 Å². The molecule has 3 aromatic rings. The van der Waals surface area contributed by atoms with Crippen LogP contribution in [0.15, 0.2) is 36.4 Å². The summed E-state index contributed by atoms with van der Waals surface area (Å²) in [6.07, 6.45) is 0. The Bertz CT molecular complexity index is 1070. The first kappa shape index (κ1) is 20.0. The van der Waals surface area contributed by atoms with E-state index in [1.807, 2.05) is 6.92 Å². The standard InChI is InChI=1S/C24H31N7/c1-18-16-22(27-21-7-5-4-6-20(18)21)30-12-14-31(15-13-30)24-17-23(25-19(2)26-24)29-10-8-28(3)9-11-29/h4-7,16-17H,8-15H2,1-3H3. The highest BCUT2D eigenvalue weighted by Crippen LogP contribution is 2.25. The Hall–Kier alpha value is -2.93. The summed E-state index contributed by atoms with van der Waals surface area (Å²) < 4.78 is 0. The second-order valence-corrected chi connectivity index (χ2v) is 8.71. The number of aryl methyl sites for hydroxylation is 2. The Morgan fingerprint density at radius 1 is 0.645 bits per heavy atom. The number of rotatable bonds is 3. The molecule has 2 aromatic heterocycles. The lowest BCUT2D eigenvalue weighted by molar-refractivity contribution is 0.312. The average molecular weight is 418 g/mol. The Morgan fingerprint density at radius 3 is 1.77 bits per heavy atom. The van der Waals surface area contributed by atoms with Gasteiger partial charge in [0.15, 0.2) is 0 Å². The summed E-state index contributed by atoms with van der Waals surface area (Å²) in [4.78, 5) is 24.0. The summed E-state index contributed by atoms with van der Waals surface area (Å²) in [6, 6.07) is 12.8. The second kappa shape index (κ2) is 8.30. The largest absolute Gasteiger partial charge is 0.354 e. The SMILES string of the molecule is Cc1nc(N2CCN(C)CC2)cc(N2CCN(c3cc(C)c4ccccc4n3)CC2)n1. The zero-order valence-corrected chi connectivity index (χ0v) is 18.8. The number of para-hydroxylation sites is 1. The fourth-order valence-electron chi connectivity index (χ4n) is 4.55. The number of anilines is 3. The van der Waals surface area contributed by atoms with E-state index in [9.17, 15) is 0 Å². The molecular formula is C24H31N7. The van der Waals surface area contributed by atoms with Crippen LogP contribution in [0, 0.1) is 13.8 Å². The maximum atomic E-state index is 4.92. The van der Waals surface area contributed by atoms with Gasteiger partial charge >= 0.3 is 0 Å². The van der Waals surface area contributed by atoms with E-state index in [1.54, 1.807) is 0 Å². The van der Waals surface area contributed by atoms with Crippen molar-refractivity contribution in [2.45, 2.75) is 13.8 Å². The molecule has 1 aromatic carbocycles. The summed E-state index contributed by atoms with van der Waals surface area (Å²) in [6.45, 7) is 12.1. The van der Waals surface area contributed by atoms with Crippen LogP contribution in [-0.4, -0.2) is 79.3 Å². The fourth-order valence-corrected chi connectivity index (χ4v) is 4.55. The smallest absolute Gasteiger partial charge is 0.134 e. The van der Waals surface area contributed by atoms with Crippen LogP contribution in [0.3, 0.4) is 0 Å². The van der Waals surface area contributed by atoms with Crippen LogP contribution in [-0.2, 0) is 0 Å². The number of benzene rings is 1. The molecule has 7 nitrogen and oxygen atoms in total. The normalized spacial score (nSPS) is 18.1. The number of likely N-dealkylation sites (N-methyl/N-ethyl adjacent to an activating group) is 1. The van der Waals surface area contributed by atoms with Crippen LogP contribution in [0.4, 0.5) is 17.5 Å². The first-order valence-electron chi connectivity index (χ1n) is 11.2. The Labute approximate surface area is 184 Å². The van der Waals surface area contributed by atoms with Crippen molar-refractivity contribution in [2.24, 2.45) is 0 Å². The van der Waals surface area contributed by atoms with Gasteiger partial charge in [0.25, 0.3) is 0 Å². The van der Waals surface area contributed by atoms with Crippen molar-refractivity contribution in [3.05, 3.63) is 47.8 Å². The topological polar surface area (TPSA) is 51.6 Å². The van der Waals surface area contributed by atoms with E-state index < -0.39 is 0 Å². The monoisotopic (exact) mass is 417 g/mol. The van der Waals surface area contributed by atoms with E-state index in [0.717, 1.165) is 81.2 Å². The third-order valence-corrected chi connectivity index (χ3v) is 6.48. The third kappa shape index (κ3) is 4.14. The van der Waals surface area contributed by atoms with Crippen molar-refractivity contribution in [3.8, 4) is 0 Å². The molecule has 2 fully saturated rings. The minimum atomic E-state index is 0.848. The zero-order valence-electron chi connectivity index (χ0n) is 18.8. The number of hydrogen-bond donors (Lipinski definition) is 0. The van der Waals surface area contributed by atoms with Crippen LogP contribution >= 0.6 is 0 Å². The van der Waals surface area contributed by atoms with Gasteiger partial charge in [-0.15, -0.1) is 0 Å². The first-order chi connectivity index (χ1) is 15.1. The van der Waals surface area contributed by atoms with E-state index >= 15 is 0 Å². The fraction of sp³-hybridized carbons (Fsp3) is 0.458. The molecule has 0 aliphatic carbocycles. The van der Waals surface area contributed by atoms with Crippen molar-refractivity contribution in [2.75, 3.05) is 74.1 Å². The Kier molecular flexibility index (Phi) is 5.36. The lowest BCUT2D eigenvalue weighted by Crippen LogP contribution is -2.47. The molecule has 0 atom stereocenters. The number of aromatic nitrogens is 3. The molecule has 0 N–H and O–H groups in total. The highest BCUT2D eigenvalue weighted by atomic mass is 15.3. The zero-order chi connectivity index (χ0) is 21.4. The number of fused-ring (bicyclic) bond motifs is 1. The second-order valence-electron chi connectivity index (χ2n) is 8.71. The summed E-state index contributed by atoms with van der Waals surface area (Å²) in [5.74, 6) is 4.03. The molecule has 0 spiro atoms. The van der Waals surface area contributed by atoms with Gasteiger partial charge in [-0.3, -0.25) is 0 Å². The van der Waals surface area contributed by atoms with Crippen LogP contribution in [0.5, 0.6) is 0 Å². The molecule has 0 saturated carbocycles. The molecule has 31 heavy (non-hydrogen) atoms. The summed E-state index contributed by atoms with van der Waals surface area (Å²) >= 11 is 0. The molecule has 2 aliphatic rings. The van der Waals surface area contributed by atoms with Crippen LogP contribution in [0.25, 0.3) is 10.9 Å². The molecule has 2 saturated heterocycles. The lowest BCUT2D eigenvalue weighted by Gasteiger charge is -2.37. The Morgan fingerprint density at radius 2 is 1.16 bits per heavy atom. The van der Waals surface area contributed by atoms with E-state index in [-0.39, 0.29) is 0 Å². The van der Waals surface area contributed by atoms with Crippen LogP contribution in [0.1, 0.15) is 11.4 Å². The van der Waals surface area contributed by atoms with Gasteiger partial charge in [-0.2, -0.15) is 0 Å². The molecule has 7 heteroatoms. The van der Waals surface area contributed by atoms with E-state index in [2.05, 4.69) is 70.0 Å². The van der Waals surface area contributed by atoms with Crippen LogP contribution in [0.2, 0.25) is 0 Å². The number of nitrogens with zero attached hydrogens (tertiary/aromatic N) is 7. The quantitative estimate of drug-likeness (QED) is 0.649. The average Bonchev–Trinajstić information content (AvgIpc) is 2.79. The maximum absolute atomic E-state index is 4.92. The highest BCUT2D eigenvalue weighted by Gasteiger charge is 2.22. The maximum Gasteiger partial charge on any atom is 0.134 e. The predicted molar refractivity (Wildman–Crippen MR) is 127 cm³/mol.